The van der Waals surface area contributed by atoms with Crippen molar-refractivity contribution >= 4 is 17.6 Å². The van der Waals surface area contributed by atoms with Crippen LogP contribution in [0.25, 0.3) is 11.3 Å². The number of fused-ring (bicyclic) bond motifs is 3. The van der Waals surface area contributed by atoms with E-state index in [9.17, 15) is 14.4 Å². The van der Waals surface area contributed by atoms with Crippen LogP contribution in [0.3, 0.4) is 0 Å². The van der Waals surface area contributed by atoms with E-state index in [0.29, 0.717) is 43.0 Å². The van der Waals surface area contributed by atoms with Crippen molar-refractivity contribution in [2.24, 2.45) is 12.0 Å². The van der Waals surface area contributed by atoms with E-state index in [-0.39, 0.29) is 36.8 Å². The molecule has 4 aromatic rings. The molecule has 0 saturated carbocycles. The summed E-state index contributed by atoms with van der Waals surface area (Å²) in [6.45, 7) is 11.3. The number of rotatable bonds is 15. The number of carbonyl (C=O) groups excluding carboxylic acids is 2. The van der Waals surface area contributed by atoms with Crippen molar-refractivity contribution in [3.63, 3.8) is 0 Å². The summed E-state index contributed by atoms with van der Waals surface area (Å²) in [6.07, 6.45) is 5.80. The van der Waals surface area contributed by atoms with Gasteiger partial charge in [0.05, 0.1) is 25.1 Å². The SMILES string of the molecule is CCCCCCCC(=O)Oc1nnn(C)c1C(=O)NCCn1c(=Nc2c(C)cc(C)cc2C)cc2n(c1=O)CCc1cc(OCC)c(OC)cc1-2. The molecule has 0 bridgehead atoms. The number of unbranched alkanes of at least 4 members (excludes halogenated alkanes) is 4. The summed E-state index contributed by atoms with van der Waals surface area (Å²) in [5.41, 5.74) is 6.74. The minimum absolute atomic E-state index is 0.0225. The molecule has 13 heteroatoms. The van der Waals surface area contributed by atoms with Crippen molar-refractivity contribution in [3.05, 3.63) is 74.3 Å². The summed E-state index contributed by atoms with van der Waals surface area (Å²) < 4.78 is 21.5. The van der Waals surface area contributed by atoms with E-state index in [1.807, 2.05) is 45.9 Å². The normalized spacial score (nSPS) is 12.3. The van der Waals surface area contributed by atoms with Gasteiger partial charge in [-0.25, -0.2) is 14.5 Å². The number of hydrogen-bond acceptors (Lipinski definition) is 9. The number of amides is 1. The van der Waals surface area contributed by atoms with Gasteiger partial charge >= 0.3 is 11.7 Å². The first-order valence-corrected chi connectivity index (χ1v) is 17.8. The third-order valence-corrected chi connectivity index (χ3v) is 9.05. The molecule has 13 nitrogen and oxygen atoms in total. The maximum Gasteiger partial charge on any atom is 0.330 e. The first-order valence-electron chi connectivity index (χ1n) is 17.8. The molecule has 0 radical (unpaired) electrons. The maximum atomic E-state index is 14.3. The average Bonchev–Trinajstić information content (AvgIpc) is 3.46. The molecule has 1 amide bonds. The van der Waals surface area contributed by atoms with Crippen LogP contribution in [0.2, 0.25) is 0 Å². The van der Waals surface area contributed by atoms with Gasteiger partial charge in [0.15, 0.2) is 17.2 Å². The molecule has 0 atom stereocenters. The van der Waals surface area contributed by atoms with Gasteiger partial charge in [-0.2, -0.15) is 0 Å². The molecule has 51 heavy (non-hydrogen) atoms. The highest BCUT2D eigenvalue weighted by Gasteiger charge is 2.24. The Balaban J connectivity index is 1.45. The topological polar surface area (TPSA) is 144 Å². The molecule has 2 aromatic heterocycles. The highest BCUT2D eigenvalue weighted by atomic mass is 16.5. The van der Waals surface area contributed by atoms with Crippen LogP contribution in [0.5, 0.6) is 17.4 Å². The van der Waals surface area contributed by atoms with Crippen LogP contribution in [-0.4, -0.2) is 56.3 Å². The summed E-state index contributed by atoms with van der Waals surface area (Å²) >= 11 is 0. The van der Waals surface area contributed by atoms with Gasteiger partial charge in [-0.05, 0) is 69.4 Å². The largest absolute Gasteiger partial charge is 0.493 e. The Hall–Kier alpha value is -5.20. The zero-order valence-corrected chi connectivity index (χ0v) is 30.8. The number of esters is 1. The number of carbonyl (C=O) groups is 2. The fraction of sp³-hybridized carbons (Fsp3) is 0.474. The summed E-state index contributed by atoms with van der Waals surface area (Å²) in [5.74, 6) is 0.122. The molecule has 1 N–H and O–H groups in total. The molecule has 0 saturated heterocycles. The molecular formula is C38H49N7O6. The van der Waals surface area contributed by atoms with Crippen molar-refractivity contribution < 1.29 is 23.8 Å². The van der Waals surface area contributed by atoms with E-state index in [1.54, 1.807) is 23.3 Å². The van der Waals surface area contributed by atoms with Crippen LogP contribution >= 0.6 is 0 Å². The lowest BCUT2D eigenvalue weighted by Gasteiger charge is -2.25. The highest BCUT2D eigenvalue weighted by Crippen LogP contribution is 2.38. The predicted molar refractivity (Wildman–Crippen MR) is 194 cm³/mol. The van der Waals surface area contributed by atoms with Gasteiger partial charge in [0, 0.05) is 44.7 Å². The molecule has 5 rings (SSSR count). The zero-order chi connectivity index (χ0) is 36.7. The lowest BCUT2D eigenvalue weighted by atomic mass is 9.97. The van der Waals surface area contributed by atoms with Gasteiger partial charge in [-0.3, -0.25) is 18.7 Å². The summed E-state index contributed by atoms with van der Waals surface area (Å²) in [7, 11) is 3.16. The molecule has 1 aliphatic heterocycles. The van der Waals surface area contributed by atoms with Crippen molar-refractivity contribution in [3.8, 4) is 28.6 Å². The third kappa shape index (κ3) is 8.41. The third-order valence-electron chi connectivity index (χ3n) is 9.05. The van der Waals surface area contributed by atoms with Crippen LogP contribution in [0, 0.1) is 20.8 Å². The molecule has 0 fully saturated rings. The smallest absolute Gasteiger partial charge is 0.330 e. The molecule has 272 valence electrons. The number of aryl methyl sites for hydroxylation is 5. The highest BCUT2D eigenvalue weighted by molar-refractivity contribution is 5.95. The summed E-state index contributed by atoms with van der Waals surface area (Å²) in [6, 6.07) is 9.95. The van der Waals surface area contributed by atoms with E-state index in [0.717, 1.165) is 64.9 Å². The molecule has 0 aliphatic carbocycles. The molecule has 0 unspecified atom stereocenters. The fourth-order valence-corrected chi connectivity index (χ4v) is 6.59. The zero-order valence-electron chi connectivity index (χ0n) is 30.8. The number of hydrogen-bond donors (Lipinski definition) is 1. The monoisotopic (exact) mass is 699 g/mol. The standard InChI is InChI=1S/C38H49N7O6/c1-8-10-11-12-13-14-33(46)51-37-35(43(6)42-41-37)36(47)39-16-18-45-32(40-34-25(4)19-24(3)20-26(34)5)23-29-28-22-30(49-7)31(50-9-2)21-27(28)15-17-44(29)38(45)48/h19-23H,8-18H2,1-7H3,(H,39,47). The number of nitrogens with zero attached hydrogens (tertiary/aromatic N) is 6. The first-order chi connectivity index (χ1) is 24.6. The van der Waals surface area contributed by atoms with Crippen molar-refractivity contribution in [2.45, 2.75) is 92.7 Å². The Kier molecular flexibility index (Phi) is 12.1. The maximum absolute atomic E-state index is 14.3. The quantitative estimate of drug-likeness (QED) is 0.131. The van der Waals surface area contributed by atoms with Gasteiger partial charge in [0.2, 0.25) is 0 Å². The van der Waals surface area contributed by atoms with Crippen molar-refractivity contribution in [1.29, 1.82) is 0 Å². The van der Waals surface area contributed by atoms with Gasteiger partial charge in [0.25, 0.3) is 11.8 Å². The Morgan fingerprint density at radius 1 is 0.980 bits per heavy atom. The number of benzene rings is 2. The molecule has 3 heterocycles. The lowest BCUT2D eigenvalue weighted by molar-refractivity contribution is -0.134. The van der Waals surface area contributed by atoms with Crippen LogP contribution in [-0.2, 0) is 31.4 Å². The van der Waals surface area contributed by atoms with Gasteiger partial charge < -0.3 is 19.5 Å². The van der Waals surface area contributed by atoms with Crippen LogP contribution in [0.4, 0.5) is 5.69 Å². The van der Waals surface area contributed by atoms with Crippen LogP contribution in [0.15, 0.2) is 40.1 Å². The van der Waals surface area contributed by atoms with E-state index in [1.165, 1.54) is 4.68 Å². The minimum atomic E-state index is -0.526. The number of methoxy groups -OCH3 is 1. The minimum Gasteiger partial charge on any atom is -0.493 e. The van der Waals surface area contributed by atoms with Gasteiger partial charge in [0.1, 0.15) is 5.49 Å². The second kappa shape index (κ2) is 16.7. The van der Waals surface area contributed by atoms with Gasteiger partial charge in [-0.15, -0.1) is 0 Å². The van der Waals surface area contributed by atoms with Crippen LogP contribution in [0.1, 0.15) is 85.1 Å². The van der Waals surface area contributed by atoms with E-state index < -0.39 is 11.9 Å². The molecule has 2 aromatic carbocycles. The Morgan fingerprint density at radius 2 is 1.73 bits per heavy atom. The number of nitrogens with one attached hydrogen (secondary N) is 1. The predicted octanol–water partition coefficient (Wildman–Crippen LogP) is 5.26. The van der Waals surface area contributed by atoms with E-state index in [4.69, 9.17) is 19.2 Å². The molecular weight excluding hydrogens is 650 g/mol. The molecule has 0 spiro atoms. The van der Waals surface area contributed by atoms with Crippen molar-refractivity contribution in [2.75, 3.05) is 20.3 Å². The Labute approximate surface area is 298 Å². The van der Waals surface area contributed by atoms with E-state index in [2.05, 4.69) is 34.7 Å². The lowest BCUT2D eigenvalue weighted by Crippen LogP contribution is -2.44. The summed E-state index contributed by atoms with van der Waals surface area (Å²) in [4.78, 5) is 45.2. The number of ether oxygens (including phenoxy) is 3. The van der Waals surface area contributed by atoms with Gasteiger partial charge in [-0.1, -0.05) is 60.6 Å². The average molecular weight is 700 g/mol. The molecule has 1 aliphatic rings. The van der Waals surface area contributed by atoms with Crippen molar-refractivity contribution in [1.82, 2.24) is 29.4 Å². The van der Waals surface area contributed by atoms with Crippen LogP contribution < -0.4 is 30.7 Å². The second-order valence-corrected chi connectivity index (χ2v) is 12.9. The number of aromatic nitrogens is 5. The second-order valence-electron chi connectivity index (χ2n) is 12.9. The Morgan fingerprint density at radius 3 is 2.43 bits per heavy atom. The van der Waals surface area contributed by atoms with E-state index >= 15 is 0 Å². The fourth-order valence-electron chi connectivity index (χ4n) is 6.59. The first kappa shape index (κ1) is 37.1. The Bertz CT molecular complexity index is 2020. The summed E-state index contributed by atoms with van der Waals surface area (Å²) in [5, 5.41) is 10.7.